The molecule has 0 aliphatic heterocycles. The average molecular weight is 629 g/mol. The van der Waals surface area contributed by atoms with E-state index in [0.717, 1.165) is 23.3 Å². The molecule has 0 radical (unpaired) electrons. The number of aromatic nitrogens is 4. The van der Waals surface area contributed by atoms with Gasteiger partial charge in [-0.05, 0) is 72.0 Å². The third-order valence-corrected chi connectivity index (χ3v) is 6.67. The van der Waals surface area contributed by atoms with Gasteiger partial charge in [0.1, 0.15) is 6.61 Å². The van der Waals surface area contributed by atoms with Crippen molar-refractivity contribution in [3.8, 4) is 39.8 Å². The summed E-state index contributed by atoms with van der Waals surface area (Å²) in [6.45, 7) is 3.64. The highest BCUT2D eigenvalue weighted by molar-refractivity contribution is 5.67. The largest absolute Gasteiger partial charge is 0.511 e. The minimum absolute atomic E-state index is 0.0507. The fourth-order valence-corrected chi connectivity index (χ4v) is 4.52. The molecule has 0 aliphatic carbocycles. The lowest BCUT2D eigenvalue weighted by Crippen LogP contribution is -2.17. The summed E-state index contributed by atoms with van der Waals surface area (Å²) in [5, 5.41) is 12.5. The zero-order valence-electron chi connectivity index (χ0n) is 23.4. The third-order valence-electron chi connectivity index (χ3n) is 6.67. The van der Waals surface area contributed by atoms with E-state index in [0.29, 0.717) is 33.1 Å². The quantitative estimate of drug-likeness (QED) is 0.143. The summed E-state index contributed by atoms with van der Waals surface area (Å²) in [6.07, 6.45) is -9.19. The lowest BCUT2D eigenvalue weighted by molar-refractivity contribution is -0.144. The fraction of sp³-hybridized carbons (Fsp3) is 0.161. The summed E-state index contributed by atoms with van der Waals surface area (Å²) < 4.78 is 91.1. The first kappa shape index (κ1) is 31.0. The van der Waals surface area contributed by atoms with Gasteiger partial charge in [0, 0.05) is 6.20 Å². The number of hydrogen-bond donors (Lipinski definition) is 1. The summed E-state index contributed by atoms with van der Waals surface area (Å²) in [5.74, 6) is -1.12. The van der Waals surface area contributed by atoms with Crippen molar-refractivity contribution in [3.63, 3.8) is 0 Å². The Morgan fingerprint density at radius 3 is 2.24 bits per heavy atom. The van der Waals surface area contributed by atoms with Crippen molar-refractivity contribution in [2.45, 2.75) is 32.8 Å². The highest BCUT2D eigenvalue weighted by Gasteiger charge is 2.41. The number of halogens is 6. The molecule has 3 heterocycles. The van der Waals surface area contributed by atoms with Crippen LogP contribution in [0.5, 0.6) is 11.6 Å². The molecule has 45 heavy (non-hydrogen) atoms. The second-order valence-corrected chi connectivity index (χ2v) is 9.89. The van der Waals surface area contributed by atoms with Crippen LogP contribution in [0.3, 0.4) is 0 Å². The number of pyridine rings is 2. The van der Waals surface area contributed by atoms with Gasteiger partial charge in [-0.15, -0.1) is 0 Å². The highest BCUT2D eigenvalue weighted by Crippen LogP contribution is 2.38. The Hall–Kier alpha value is -5.40. The van der Waals surface area contributed by atoms with Gasteiger partial charge < -0.3 is 14.6 Å². The molecule has 0 saturated heterocycles. The van der Waals surface area contributed by atoms with Crippen LogP contribution in [0, 0.1) is 13.8 Å². The van der Waals surface area contributed by atoms with Crippen LogP contribution >= 0.6 is 0 Å². The Kier molecular flexibility index (Phi) is 8.24. The van der Waals surface area contributed by atoms with E-state index in [2.05, 4.69) is 19.8 Å². The maximum Gasteiger partial charge on any atom is 0.511 e. The molecule has 2 aromatic carbocycles. The van der Waals surface area contributed by atoms with Crippen LogP contribution in [0.25, 0.3) is 28.2 Å². The van der Waals surface area contributed by atoms with Crippen molar-refractivity contribution in [2.75, 3.05) is 0 Å². The van der Waals surface area contributed by atoms with E-state index in [1.165, 1.54) is 24.3 Å². The van der Waals surface area contributed by atoms with Crippen LogP contribution in [0.1, 0.15) is 27.9 Å². The van der Waals surface area contributed by atoms with E-state index in [1.807, 2.05) is 13.0 Å². The fourth-order valence-electron chi connectivity index (χ4n) is 4.52. The first-order valence-corrected chi connectivity index (χ1v) is 13.1. The molecule has 1 N–H and O–H groups in total. The number of benzene rings is 2. The first-order chi connectivity index (χ1) is 21.2. The van der Waals surface area contributed by atoms with E-state index >= 15 is 0 Å². The Bertz CT molecular complexity index is 1870. The summed E-state index contributed by atoms with van der Waals surface area (Å²) in [7, 11) is 0. The number of carbonyl (C=O) groups is 1. The number of hydrogen-bond acceptors (Lipinski definition) is 6. The van der Waals surface area contributed by atoms with Crippen LogP contribution < -0.4 is 9.47 Å². The number of aryl methyl sites for hydroxylation is 2. The summed E-state index contributed by atoms with van der Waals surface area (Å²) in [4.78, 5) is 19.6. The lowest BCUT2D eigenvalue weighted by Gasteiger charge is -2.15. The normalized spacial score (nSPS) is 11.8. The number of nitrogens with zero attached hydrogens (tertiary/aromatic N) is 4. The van der Waals surface area contributed by atoms with Crippen LogP contribution in [0.4, 0.5) is 31.1 Å². The van der Waals surface area contributed by atoms with Crippen molar-refractivity contribution in [3.05, 3.63) is 107 Å². The highest BCUT2D eigenvalue weighted by atomic mass is 19.4. The second kappa shape index (κ2) is 11.9. The Morgan fingerprint density at radius 1 is 0.889 bits per heavy atom. The van der Waals surface area contributed by atoms with Gasteiger partial charge in [0.15, 0.2) is 17.3 Å². The van der Waals surface area contributed by atoms with Crippen molar-refractivity contribution in [2.24, 2.45) is 0 Å². The maximum atomic E-state index is 13.9. The molecule has 0 spiro atoms. The molecular weight excluding hydrogens is 606 g/mol. The van der Waals surface area contributed by atoms with Gasteiger partial charge in [0.25, 0.3) is 0 Å². The first-order valence-electron chi connectivity index (χ1n) is 13.1. The molecule has 0 aliphatic rings. The minimum Gasteiger partial charge on any atom is -0.472 e. The summed E-state index contributed by atoms with van der Waals surface area (Å²) in [6, 6.07) is 16.2. The average Bonchev–Trinajstić information content (AvgIpc) is 3.40. The van der Waals surface area contributed by atoms with E-state index in [9.17, 15) is 31.1 Å². The predicted molar refractivity (Wildman–Crippen MR) is 149 cm³/mol. The van der Waals surface area contributed by atoms with E-state index in [-0.39, 0.29) is 24.0 Å². The standard InChI is InChI=1S/C31H22F6N4O4/c1-17-12-23(24-4-3-5-26(40-24)41-27(31(35,36)37)25(15-39-41)45-29(42)43)28(38-14-17)44-16-21-7-6-20(13-18(21)2)19-8-10-22(11-9-19)30(32,33)34/h3-15H,16H2,1-2H3,(H,42,43). The molecule has 0 unspecified atom stereocenters. The molecule has 14 heteroatoms. The van der Waals surface area contributed by atoms with Crippen LogP contribution in [0.2, 0.25) is 0 Å². The predicted octanol–water partition coefficient (Wildman–Crippen LogP) is 8.29. The van der Waals surface area contributed by atoms with Gasteiger partial charge in [0.05, 0.1) is 23.0 Å². The Morgan fingerprint density at radius 2 is 1.60 bits per heavy atom. The zero-order chi connectivity index (χ0) is 32.5. The Labute approximate surface area is 251 Å². The van der Waals surface area contributed by atoms with Crippen LogP contribution in [-0.4, -0.2) is 31.0 Å². The number of alkyl halides is 6. The number of carboxylic acid groups (broad SMARTS) is 1. The molecule has 0 fully saturated rings. The van der Waals surface area contributed by atoms with E-state index in [4.69, 9.17) is 9.84 Å². The van der Waals surface area contributed by atoms with Gasteiger partial charge >= 0.3 is 18.5 Å². The molecular formula is C31H22F6N4O4. The zero-order valence-corrected chi connectivity index (χ0v) is 23.4. The topological polar surface area (TPSA) is 99.4 Å². The minimum atomic E-state index is -5.02. The van der Waals surface area contributed by atoms with Gasteiger partial charge in [-0.3, -0.25) is 0 Å². The summed E-state index contributed by atoms with van der Waals surface area (Å²) in [5.41, 5.74) is 2.00. The van der Waals surface area contributed by atoms with Crippen molar-refractivity contribution >= 4 is 6.16 Å². The molecule has 5 rings (SSSR count). The molecule has 0 saturated carbocycles. The number of rotatable bonds is 7. The molecule has 0 atom stereocenters. The van der Waals surface area contributed by atoms with Gasteiger partial charge in [-0.1, -0.05) is 36.4 Å². The van der Waals surface area contributed by atoms with E-state index < -0.39 is 35.5 Å². The third kappa shape index (κ3) is 6.89. The summed E-state index contributed by atoms with van der Waals surface area (Å²) >= 11 is 0. The molecule has 8 nitrogen and oxygen atoms in total. The lowest BCUT2D eigenvalue weighted by atomic mass is 9.99. The van der Waals surface area contributed by atoms with Gasteiger partial charge in [0.2, 0.25) is 5.88 Å². The monoisotopic (exact) mass is 628 g/mol. The van der Waals surface area contributed by atoms with Crippen molar-refractivity contribution in [1.29, 1.82) is 0 Å². The van der Waals surface area contributed by atoms with Gasteiger partial charge in [-0.2, -0.15) is 31.4 Å². The maximum absolute atomic E-state index is 13.9. The van der Waals surface area contributed by atoms with Crippen molar-refractivity contribution in [1.82, 2.24) is 19.7 Å². The van der Waals surface area contributed by atoms with E-state index in [1.54, 1.807) is 37.4 Å². The molecule has 0 amide bonds. The molecule has 232 valence electrons. The van der Waals surface area contributed by atoms with Gasteiger partial charge in [-0.25, -0.2) is 19.4 Å². The smallest absolute Gasteiger partial charge is 0.472 e. The molecule has 5 aromatic rings. The number of ether oxygens (including phenoxy) is 2. The molecule has 0 bridgehead atoms. The van der Waals surface area contributed by atoms with Crippen molar-refractivity contribution < 1.29 is 45.7 Å². The Balaban J connectivity index is 1.42. The molecule has 3 aromatic heterocycles. The second-order valence-electron chi connectivity index (χ2n) is 9.89. The van der Waals surface area contributed by atoms with Crippen LogP contribution in [-0.2, 0) is 19.0 Å². The van der Waals surface area contributed by atoms with Crippen LogP contribution in [0.15, 0.2) is 79.1 Å². The SMILES string of the molecule is Cc1cnc(OCc2ccc(-c3ccc(C(F)(F)F)cc3)cc2C)c(-c2cccc(-n3ncc(OC(=O)O)c3C(F)(F)F)n2)c1.